The van der Waals surface area contributed by atoms with Gasteiger partial charge in [0.25, 0.3) is 5.91 Å². The normalized spacial score (nSPS) is 18.8. The zero-order valence-electron chi connectivity index (χ0n) is 17.4. The standard InChI is InChI=1S/C23H29N3O4/c1-28-22-12-17(6-7-21(22)30-16-23(24)27)13-26-15-18(14-25-8-10-29-11-9-25)19-4-2-3-5-20(19)26/h2-7,12,18H,8-11,13-16H2,1H3,(H2,24,27)/t18-/m0/s1. The van der Waals surface area contributed by atoms with E-state index in [1.54, 1.807) is 7.11 Å². The van der Waals surface area contributed by atoms with Gasteiger partial charge < -0.3 is 24.8 Å². The first kappa shape index (κ1) is 20.5. The van der Waals surface area contributed by atoms with Gasteiger partial charge in [0.1, 0.15) is 0 Å². The van der Waals surface area contributed by atoms with Crippen LogP contribution in [0.4, 0.5) is 5.69 Å². The largest absolute Gasteiger partial charge is 0.493 e. The number of hydrogen-bond acceptors (Lipinski definition) is 6. The molecule has 0 aromatic heterocycles. The summed E-state index contributed by atoms with van der Waals surface area (Å²) in [5, 5.41) is 0. The number of nitrogens with two attached hydrogens (primary N) is 1. The lowest BCUT2D eigenvalue weighted by Crippen LogP contribution is -2.39. The summed E-state index contributed by atoms with van der Waals surface area (Å²) in [5.41, 5.74) is 9.01. The number of carbonyl (C=O) groups is 1. The van der Waals surface area contributed by atoms with Crippen LogP contribution in [0.25, 0.3) is 0 Å². The van der Waals surface area contributed by atoms with Crippen molar-refractivity contribution in [3.8, 4) is 11.5 Å². The number of benzene rings is 2. The van der Waals surface area contributed by atoms with Gasteiger partial charge in [0, 0.05) is 44.3 Å². The molecule has 1 fully saturated rings. The summed E-state index contributed by atoms with van der Waals surface area (Å²) in [6.45, 7) is 6.30. The predicted molar refractivity (Wildman–Crippen MR) is 115 cm³/mol. The minimum Gasteiger partial charge on any atom is -0.493 e. The lowest BCUT2D eigenvalue weighted by Gasteiger charge is -2.29. The molecule has 30 heavy (non-hydrogen) atoms. The first-order valence-electron chi connectivity index (χ1n) is 10.4. The van der Waals surface area contributed by atoms with Crippen LogP contribution in [0.5, 0.6) is 11.5 Å². The van der Waals surface area contributed by atoms with Crippen molar-refractivity contribution in [2.75, 3.05) is 58.0 Å². The molecular weight excluding hydrogens is 382 g/mol. The predicted octanol–water partition coefficient (Wildman–Crippen LogP) is 2.00. The maximum Gasteiger partial charge on any atom is 0.255 e. The second-order valence-corrected chi connectivity index (χ2v) is 7.79. The maximum atomic E-state index is 11.0. The Hall–Kier alpha value is -2.77. The first-order chi connectivity index (χ1) is 14.6. The fourth-order valence-corrected chi connectivity index (χ4v) is 4.28. The molecule has 2 aliphatic rings. The molecule has 160 valence electrons. The third-order valence-corrected chi connectivity index (χ3v) is 5.71. The topological polar surface area (TPSA) is 77.3 Å². The number of methoxy groups -OCH3 is 1. The molecule has 0 unspecified atom stereocenters. The Morgan fingerprint density at radius 2 is 1.97 bits per heavy atom. The molecule has 4 rings (SSSR count). The second kappa shape index (κ2) is 9.36. The van der Waals surface area contributed by atoms with E-state index in [1.165, 1.54) is 11.3 Å². The summed E-state index contributed by atoms with van der Waals surface area (Å²) in [7, 11) is 1.60. The van der Waals surface area contributed by atoms with Crippen LogP contribution < -0.4 is 20.1 Å². The number of nitrogens with zero attached hydrogens (tertiary/aromatic N) is 2. The van der Waals surface area contributed by atoms with Gasteiger partial charge in [-0.2, -0.15) is 0 Å². The lowest BCUT2D eigenvalue weighted by atomic mass is 10.0. The number of ether oxygens (including phenoxy) is 3. The second-order valence-electron chi connectivity index (χ2n) is 7.79. The van der Waals surface area contributed by atoms with E-state index in [9.17, 15) is 4.79 Å². The summed E-state index contributed by atoms with van der Waals surface area (Å²) >= 11 is 0. The molecule has 0 aliphatic carbocycles. The molecule has 1 saturated heterocycles. The van der Waals surface area contributed by atoms with E-state index in [0.717, 1.165) is 51.5 Å². The monoisotopic (exact) mass is 411 g/mol. The van der Waals surface area contributed by atoms with Crippen LogP contribution in [0.15, 0.2) is 42.5 Å². The molecule has 7 heteroatoms. The van der Waals surface area contributed by atoms with Crippen molar-refractivity contribution in [2.24, 2.45) is 5.73 Å². The molecule has 2 aromatic rings. The van der Waals surface area contributed by atoms with Gasteiger partial charge in [0.05, 0.1) is 20.3 Å². The SMILES string of the molecule is COc1cc(CN2C[C@H](CN3CCOCC3)c3ccccc32)ccc1OCC(N)=O. The van der Waals surface area contributed by atoms with E-state index < -0.39 is 5.91 Å². The van der Waals surface area contributed by atoms with Crippen LogP contribution in [-0.4, -0.2) is 63.9 Å². The number of carbonyl (C=O) groups excluding carboxylic acids is 1. The van der Waals surface area contributed by atoms with E-state index in [1.807, 2.05) is 18.2 Å². The molecule has 2 N–H and O–H groups in total. The van der Waals surface area contributed by atoms with E-state index in [-0.39, 0.29) is 6.61 Å². The molecular formula is C23H29N3O4. The van der Waals surface area contributed by atoms with Crippen molar-refractivity contribution in [1.82, 2.24) is 4.90 Å². The van der Waals surface area contributed by atoms with Crippen molar-refractivity contribution >= 4 is 11.6 Å². The number of para-hydroxylation sites is 1. The highest BCUT2D eigenvalue weighted by atomic mass is 16.5. The van der Waals surface area contributed by atoms with E-state index in [2.05, 4.69) is 34.1 Å². The fraction of sp³-hybridized carbons (Fsp3) is 0.435. The Kier molecular flexibility index (Phi) is 6.40. The van der Waals surface area contributed by atoms with Crippen molar-refractivity contribution in [2.45, 2.75) is 12.5 Å². The van der Waals surface area contributed by atoms with Gasteiger partial charge in [-0.1, -0.05) is 24.3 Å². The van der Waals surface area contributed by atoms with E-state index in [4.69, 9.17) is 19.9 Å². The summed E-state index contributed by atoms with van der Waals surface area (Å²) in [6.07, 6.45) is 0. The van der Waals surface area contributed by atoms with Crippen molar-refractivity contribution in [3.05, 3.63) is 53.6 Å². The molecule has 0 spiro atoms. The average molecular weight is 412 g/mol. The average Bonchev–Trinajstić information content (AvgIpc) is 3.10. The third-order valence-electron chi connectivity index (χ3n) is 5.71. The highest BCUT2D eigenvalue weighted by Gasteiger charge is 2.30. The Morgan fingerprint density at radius 3 is 2.73 bits per heavy atom. The van der Waals surface area contributed by atoms with Crippen LogP contribution in [0.1, 0.15) is 17.0 Å². The Bertz CT molecular complexity index is 883. The van der Waals surface area contributed by atoms with Gasteiger partial charge in [-0.15, -0.1) is 0 Å². The summed E-state index contributed by atoms with van der Waals surface area (Å²) < 4.78 is 16.4. The third kappa shape index (κ3) is 4.68. The molecule has 0 radical (unpaired) electrons. The van der Waals surface area contributed by atoms with Crippen LogP contribution in [0, 0.1) is 0 Å². The number of rotatable bonds is 8. The maximum absolute atomic E-state index is 11.0. The lowest BCUT2D eigenvalue weighted by molar-refractivity contribution is -0.119. The fourth-order valence-electron chi connectivity index (χ4n) is 4.28. The minimum atomic E-state index is -0.513. The molecule has 1 amide bonds. The van der Waals surface area contributed by atoms with Crippen molar-refractivity contribution in [1.29, 1.82) is 0 Å². The number of amides is 1. The molecule has 0 saturated carbocycles. The van der Waals surface area contributed by atoms with Gasteiger partial charge in [0.15, 0.2) is 18.1 Å². The zero-order valence-corrected chi connectivity index (χ0v) is 17.4. The van der Waals surface area contributed by atoms with Crippen molar-refractivity contribution < 1.29 is 19.0 Å². The number of anilines is 1. The number of primary amides is 1. The van der Waals surface area contributed by atoms with Crippen LogP contribution >= 0.6 is 0 Å². The first-order valence-corrected chi connectivity index (χ1v) is 10.4. The molecule has 2 heterocycles. The van der Waals surface area contributed by atoms with Crippen LogP contribution in [0.3, 0.4) is 0 Å². The van der Waals surface area contributed by atoms with Crippen LogP contribution in [-0.2, 0) is 16.1 Å². The quantitative estimate of drug-likeness (QED) is 0.716. The Labute approximate surface area is 177 Å². The van der Waals surface area contributed by atoms with Gasteiger partial charge in [-0.25, -0.2) is 0 Å². The summed E-state index contributed by atoms with van der Waals surface area (Å²) in [4.78, 5) is 15.9. The highest BCUT2D eigenvalue weighted by Crippen LogP contribution is 2.38. The summed E-state index contributed by atoms with van der Waals surface area (Å²) in [6, 6.07) is 14.5. The minimum absolute atomic E-state index is 0.168. The van der Waals surface area contributed by atoms with E-state index in [0.29, 0.717) is 17.4 Å². The van der Waals surface area contributed by atoms with E-state index >= 15 is 0 Å². The highest BCUT2D eigenvalue weighted by molar-refractivity contribution is 5.75. The molecule has 7 nitrogen and oxygen atoms in total. The molecule has 2 aromatic carbocycles. The smallest absolute Gasteiger partial charge is 0.255 e. The van der Waals surface area contributed by atoms with Crippen molar-refractivity contribution in [3.63, 3.8) is 0 Å². The zero-order chi connectivity index (χ0) is 20.9. The number of hydrogen-bond donors (Lipinski definition) is 1. The number of morpholine rings is 1. The van der Waals surface area contributed by atoms with Gasteiger partial charge in [0.2, 0.25) is 0 Å². The summed E-state index contributed by atoms with van der Waals surface area (Å²) in [5.74, 6) is 1.10. The Morgan fingerprint density at radius 1 is 1.17 bits per heavy atom. The van der Waals surface area contributed by atoms with Gasteiger partial charge >= 0.3 is 0 Å². The number of fused-ring (bicyclic) bond motifs is 1. The van der Waals surface area contributed by atoms with Crippen LogP contribution in [0.2, 0.25) is 0 Å². The Balaban J connectivity index is 1.48. The van der Waals surface area contributed by atoms with Gasteiger partial charge in [-0.3, -0.25) is 9.69 Å². The molecule has 1 atom stereocenters. The molecule has 2 aliphatic heterocycles. The molecule has 0 bridgehead atoms. The van der Waals surface area contributed by atoms with Gasteiger partial charge in [-0.05, 0) is 29.3 Å².